The maximum absolute atomic E-state index is 14.2. The third-order valence-corrected chi connectivity index (χ3v) is 8.86. The number of aliphatic carboxylic acids is 1. The second-order valence-corrected chi connectivity index (χ2v) is 12.4. The molecule has 2 saturated carbocycles. The molecule has 4 atom stereocenters. The predicted molar refractivity (Wildman–Crippen MR) is 145 cm³/mol. The molecule has 1 saturated heterocycles. The molecule has 2 aliphatic carbocycles. The lowest BCUT2D eigenvalue weighted by atomic mass is 9.72. The number of nitrogens with one attached hydrogen (secondary N) is 1. The first-order valence-corrected chi connectivity index (χ1v) is 13.9. The fraction of sp³-hybridized carbons (Fsp3) is 0.548. The molecule has 2 heterocycles. The fourth-order valence-electron chi connectivity index (χ4n) is 6.74. The lowest BCUT2D eigenvalue weighted by Gasteiger charge is -2.36. The maximum Gasteiger partial charge on any atom is 0.326 e. The Morgan fingerprint density at radius 3 is 2.29 bits per heavy atom. The Balaban J connectivity index is 1.58. The Hall–Kier alpha value is -3.40. The second-order valence-electron chi connectivity index (χ2n) is 12.4. The van der Waals surface area contributed by atoms with E-state index in [2.05, 4.69) is 37.1 Å². The molecule has 3 fully saturated rings. The molecule has 3 aliphatic rings. The minimum absolute atomic E-state index is 0.0440. The van der Waals surface area contributed by atoms with Gasteiger partial charge in [-0.05, 0) is 48.3 Å². The zero-order valence-electron chi connectivity index (χ0n) is 22.6. The van der Waals surface area contributed by atoms with Gasteiger partial charge in [-0.1, -0.05) is 76.4 Å². The number of aromatic nitrogens is 1. The van der Waals surface area contributed by atoms with Gasteiger partial charge in [0, 0.05) is 18.0 Å². The molecule has 7 heteroatoms. The summed E-state index contributed by atoms with van der Waals surface area (Å²) in [6.07, 6.45) is 8.21. The van der Waals surface area contributed by atoms with E-state index in [1.165, 1.54) is 0 Å². The van der Waals surface area contributed by atoms with Gasteiger partial charge in [0.15, 0.2) is 0 Å². The van der Waals surface area contributed by atoms with Gasteiger partial charge in [0.05, 0.1) is 23.6 Å². The van der Waals surface area contributed by atoms with Crippen molar-refractivity contribution in [1.29, 1.82) is 5.26 Å². The number of carboxylic acids is 1. The van der Waals surface area contributed by atoms with Gasteiger partial charge in [-0.2, -0.15) is 5.26 Å². The fourth-order valence-corrected chi connectivity index (χ4v) is 6.74. The van der Waals surface area contributed by atoms with E-state index in [9.17, 15) is 20.0 Å². The molecule has 0 spiro atoms. The standard InChI is InChI=1S/C31H38N4O3/c1-30(2,3)24-25(34-23-15-14-22(18-33-23)31(19-32)16-17-31)26(20-10-6-4-7-11-20)35(27(24)29(37)38)28(36)21-12-8-5-9-13-21/h4,6-7,10-11,14-15,18,21,24-27H,5,8-9,12-13,16-17H2,1-3H3,(H,33,34)(H,37,38)/t24-,25-,26-,27-/m0/s1. The molecule has 0 bridgehead atoms. The van der Waals surface area contributed by atoms with Crippen molar-refractivity contribution in [3.8, 4) is 6.07 Å². The van der Waals surface area contributed by atoms with E-state index in [1.807, 2.05) is 42.5 Å². The van der Waals surface area contributed by atoms with Crippen molar-refractivity contribution in [3.63, 3.8) is 0 Å². The summed E-state index contributed by atoms with van der Waals surface area (Å²) in [6, 6.07) is 14.3. The number of carbonyl (C=O) groups excluding carboxylic acids is 1. The number of nitriles is 1. The number of carbonyl (C=O) groups is 2. The molecule has 0 radical (unpaired) electrons. The monoisotopic (exact) mass is 514 g/mol. The third-order valence-electron chi connectivity index (χ3n) is 8.86. The lowest BCUT2D eigenvalue weighted by molar-refractivity contribution is -0.154. The Kier molecular flexibility index (Phi) is 6.94. The van der Waals surface area contributed by atoms with Crippen LogP contribution in [0.2, 0.25) is 0 Å². The van der Waals surface area contributed by atoms with Crippen molar-refractivity contribution in [2.45, 2.75) is 89.3 Å². The summed E-state index contributed by atoms with van der Waals surface area (Å²) < 4.78 is 0. The Morgan fingerprint density at radius 2 is 1.76 bits per heavy atom. The molecular weight excluding hydrogens is 476 g/mol. The number of nitrogens with zero attached hydrogens (tertiary/aromatic N) is 3. The third kappa shape index (κ3) is 4.77. The Morgan fingerprint density at radius 1 is 1.08 bits per heavy atom. The average Bonchev–Trinajstić information content (AvgIpc) is 3.64. The molecule has 1 amide bonds. The predicted octanol–water partition coefficient (Wildman–Crippen LogP) is 5.70. The highest BCUT2D eigenvalue weighted by molar-refractivity contribution is 5.87. The van der Waals surface area contributed by atoms with Crippen LogP contribution in [0.3, 0.4) is 0 Å². The summed E-state index contributed by atoms with van der Waals surface area (Å²) in [4.78, 5) is 33.5. The zero-order chi connectivity index (χ0) is 27.1. The van der Waals surface area contributed by atoms with Crippen LogP contribution in [0.15, 0.2) is 48.7 Å². The largest absolute Gasteiger partial charge is 0.480 e. The van der Waals surface area contributed by atoms with Crippen LogP contribution >= 0.6 is 0 Å². The molecule has 5 rings (SSSR count). The SMILES string of the molecule is CC(C)(C)[C@H]1[C@H](Nc2ccc(C3(C#N)CC3)cn2)[C@H](c2ccccc2)N(C(=O)C2CCCCC2)[C@@H]1C(=O)O. The molecule has 1 aromatic heterocycles. The minimum Gasteiger partial charge on any atom is -0.480 e. The number of hydrogen-bond acceptors (Lipinski definition) is 5. The van der Waals surface area contributed by atoms with Crippen LogP contribution in [-0.4, -0.2) is 39.0 Å². The topological polar surface area (TPSA) is 106 Å². The van der Waals surface area contributed by atoms with Crippen LogP contribution in [0, 0.1) is 28.6 Å². The quantitative estimate of drug-likeness (QED) is 0.512. The zero-order valence-corrected chi connectivity index (χ0v) is 22.6. The second kappa shape index (κ2) is 10.1. The first-order valence-electron chi connectivity index (χ1n) is 13.9. The van der Waals surface area contributed by atoms with Crippen molar-refractivity contribution in [2.24, 2.45) is 17.3 Å². The van der Waals surface area contributed by atoms with Gasteiger partial charge in [-0.25, -0.2) is 9.78 Å². The summed E-state index contributed by atoms with van der Waals surface area (Å²) >= 11 is 0. The molecule has 7 nitrogen and oxygen atoms in total. The molecule has 2 N–H and O–H groups in total. The summed E-state index contributed by atoms with van der Waals surface area (Å²) in [5.74, 6) is -0.897. The number of rotatable bonds is 6. The molecule has 0 unspecified atom stereocenters. The molecule has 200 valence electrons. The smallest absolute Gasteiger partial charge is 0.326 e. The van der Waals surface area contributed by atoms with E-state index in [1.54, 1.807) is 11.1 Å². The van der Waals surface area contributed by atoms with Crippen LogP contribution in [0.5, 0.6) is 0 Å². The average molecular weight is 515 g/mol. The molecular formula is C31H38N4O3. The van der Waals surface area contributed by atoms with E-state index in [-0.39, 0.29) is 23.8 Å². The first-order chi connectivity index (χ1) is 18.2. The maximum atomic E-state index is 14.2. The van der Waals surface area contributed by atoms with E-state index in [0.717, 1.165) is 56.1 Å². The highest BCUT2D eigenvalue weighted by Gasteiger charge is 2.58. The van der Waals surface area contributed by atoms with E-state index in [4.69, 9.17) is 0 Å². The van der Waals surface area contributed by atoms with Crippen LogP contribution in [0.1, 0.15) is 82.9 Å². The highest BCUT2D eigenvalue weighted by atomic mass is 16.4. The molecule has 1 aromatic carbocycles. The summed E-state index contributed by atoms with van der Waals surface area (Å²) in [7, 11) is 0. The number of benzene rings is 1. The lowest BCUT2D eigenvalue weighted by Crippen LogP contribution is -2.49. The van der Waals surface area contributed by atoms with Gasteiger partial charge >= 0.3 is 5.97 Å². The first kappa shape index (κ1) is 26.2. The van der Waals surface area contributed by atoms with Gasteiger partial charge in [0.25, 0.3) is 0 Å². The van der Waals surface area contributed by atoms with E-state index < -0.39 is 28.9 Å². The molecule has 2 aromatic rings. The van der Waals surface area contributed by atoms with Gasteiger partial charge in [0.2, 0.25) is 5.91 Å². The van der Waals surface area contributed by atoms with Crippen LogP contribution in [0.25, 0.3) is 0 Å². The normalized spacial score (nSPS) is 26.9. The Bertz CT molecular complexity index is 1200. The summed E-state index contributed by atoms with van der Waals surface area (Å²) in [5, 5.41) is 23.8. The number of carboxylic acid groups (broad SMARTS) is 1. The highest BCUT2D eigenvalue weighted by Crippen LogP contribution is 2.51. The number of amides is 1. The van der Waals surface area contributed by atoms with Crippen molar-refractivity contribution in [2.75, 3.05) is 5.32 Å². The Labute approximate surface area is 225 Å². The van der Waals surface area contributed by atoms with Gasteiger partial charge in [0.1, 0.15) is 11.9 Å². The van der Waals surface area contributed by atoms with Crippen LogP contribution < -0.4 is 5.32 Å². The number of pyridine rings is 1. The van der Waals surface area contributed by atoms with Gasteiger partial charge in [-0.3, -0.25) is 4.79 Å². The number of likely N-dealkylation sites (tertiary alicyclic amines) is 1. The van der Waals surface area contributed by atoms with E-state index >= 15 is 0 Å². The van der Waals surface area contributed by atoms with Gasteiger partial charge < -0.3 is 15.3 Å². The molecule has 38 heavy (non-hydrogen) atoms. The van der Waals surface area contributed by atoms with Crippen LogP contribution in [-0.2, 0) is 15.0 Å². The van der Waals surface area contributed by atoms with Gasteiger partial charge in [-0.15, -0.1) is 0 Å². The van der Waals surface area contributed by atoms with Crippen molar-refractivity contribution in [1.82, 2.24) is 9.88 Å². The van der Waals surface area contributed by atoms with Crippen LogP contribution in [0.4, 0.5) is 5.82 Å². The summed E-state index contributed by atoms with van der Waals surface area (Å²) in [6.45, 7) is 6.16. The minimum atomic E-state index is -0.965. The molecule has 1 aliphatic heterocycles. The summed E-state index contributed by atoms with van der Waals surface area (Å²) in [5.41, 5.74) is 1.01. The van der Waals surface area contributed by atoms with E-state index in [0.29, 0.717) is 5.82 Å². The van der Waals surface area contributed by atoms with Crippen molar-refractivity contribution >= 4 is 17.7 Å². The van der Waals surface area contributed by atoms with Crippen molar-refractivity contribution < 1.29 is 14.7 Å². The number of hydrogen-bond donors (Lipinski definition) is 2. The number of anilines is 1. The van der Waals surface area contributed by atoms with Crippen molar-refractivity contribution in [3.05, 3.63) is 59.8 Å².